The average Bonchev–Trinajstić information content (AvgIpc) is 3.26. The molecule has 1 aliphatic heterocycles. The molecule has 3 rings (SSSR count). The quantitative estimate of drug-likeness (QED) is 0.645. The Morgan fingerprint density at radius 1 is 1.30 bits per heavy atom. The molecular weight excluding hydrogens is 346 g/mol. The zero-order chi connectivity index (χ0) is 19.2. The van der Waals surface area contributed by atoms with E-state index in [0.29, 0.717) is 25.2 Å². The molecule has 27 heavy (non-hydrogen) atoms. The molecule has 3 N–H and O–H groups in total. The Hall–Kier alpha value is -2.90. The second kappa shape index (κ2) is 8.66. The lowest BCUT2D eigenvalue weighted by atomic mass is 10.1. The lowest BCUT2D eigenvalue weighted by Crippen LogP contribution is -2.37. The van der Waals surface area contributed by atoms with Crippen molar-refractivity contribution in [1.82, 2.24) is 25.7 Å². The fourth-order valence-corrected chi connectivity index (χ4v) is 3.22. The van der Waals surface area contributed by atoms with Gasteiger partial charge in [0.25, 0.3) is 5.91 Å². The lowest BCUT2D eigenvalue weighted by Gasteiger charge is -2.21. The Labute approximate surface area is 157 Å². The molecule has 144 valence electrons. The minimum absolute atomic E-state index is 0.123. The highest BCUT2D eigenvalue weighted by Gasteiger charge is 2.21. The summed E-state index contributed by atoms with van der Waals surface area (Å²) in [7, 11) is 0. The van der Waals surface area contributed by atoms with Crippen LogP contribution in [0.2, 0.25) is 0 Å². The Kier molecular flexibility index (Phi) is 6.05. The summed E-state index contributed by atoms with van der Waals surface area (Å²) < 4.78 is 0. The van der Waals surface area contributed by atoms with E-state index >= 15 is 0 Å². The summed E-state index contributed by atoms with van der Waals surface area (Å²) in [5, 5.41) is 13.2. The van der Waals surface area contributed by atoms with Crippen molar-refractivity contribution in [3.8, 4) is 0 Å². The standard InChI is InChI=1S/C19H25N5O3/c1-13(12-24-10-4-7-17(24)26)11-21-16(25)8-9-20-19(27)18-14-5-2-3-6-15(14)22-23-18/h2-3,5-6,13H,4,7-12H2,1H3,(H,20,27)(H,21,25)(H,22,23). The maximum absolute atomic E-state index is 12.2. The first-order valence-electron chi connectivity index (χ1n) is 9.30. The van der Waals surface area contributed by atoms with Gasteiger partial charge in [-0.15, -0.1) is 0 Å². The van der Waals surface area contributed by atoms with Gasteiger partial charge in [-0.3, -0.25) is 19.5 Å². The molecule has 1 atom stereocenters. The zero-order valence-electron chi connectivity index (χ0n) is 15.5. The van der Waals surface area contributed by atoms with E-state index in [1.54, 1.807) is 0 Å². The van der Waals surface area contributed by atoms with E-state index < -0.39 is 0 Å². The van der Waals surface area contributed by atoms with E-state index in [2.05, 4.69) is 20.8 Å². The van der Waals surface area contributed by atoms with Gasteiger partial charge >= 0.3 is 0 Å². The van der Waals surface area contributed by atoms with Crippen molar-refractivity contribution in [2.75, 3.05) is 26.2 Å². The molecule has 0 spiro atoms. The molecule has 1 aromatic carbocycles. The molecule has 1 aliphatic rings. The normalized spacial score (nSPS) is 15.1. The first-order chi connectivity index (χ1) is 13.0. The van der Waals surface area contributed by atoms with Crippen LogP contribution in [0.4, 0.5) is 0 Å². The summed E-state index contributed by atoms with van der Waals surface area (Å²) in [5.74, 6) is -0.0364. The van der Waals surface area contributed by atoms with Crippen LogP contribution in [-0.2, 0) is 9.59 Å². The number of likely N-dealkylation sites (tertiary alicyclic amines) is 1. The fraction of sp³-hybridized carbons (Fsp3) is 0.474. The second-order valence-corrected chi connectivity index (χ2v) is 6.98. The van der Waals surface area contributed by atoms with Crippen LogP contribution in [0.25, 0.3) is 10.9 Å². The molecule has 1 saturated heterocycles. The summed E-state index contributed by atoms with van der Waals surface area (Å²) in [5.41, 5.74) is 1.13. The van der Waals surface area contributed by atoms with Crippen LogP contribution in [0.1, 0.15) is 36.7 Å². The van der Waals surface area contributed by atoms with Crippen molar-refractivity contribution in [1.29, 1.82) is 0 Å². The van der Waals surface area contributed by atoms with Gasteiger partial charge in [0, 0.05) is 44.4 Å². The number of H-pyrrole nitrogens is 1. The molecule has 3 amide bonds. The monoisotopic (exact) mass is 371 g/mol. The summed E-state index contributed by atoms with van der Waals surface area (Å²) in [4.78, 5) is 37.7. The van der Waals surface area contributed by atoms with Gasteiger partial charge in [-0.05, 0) is 18.4 Å². The third-order valence-electron chi connectivity index (χ3n) is 4.67. The minimum Gasteiger partial charge on any atom is -0.356 e. The molecular formula is C19H25N5O3. The van der Waals surface area contributed by atoms with Gasteiger partial charge in [-0.2, -0.15) is 5.10 Å². The van der Waals surface area contributed by atoms with Gasteiger partial charge in [-0.25, -0.2) is 0 Å². The number of hydrogen-bond acceptors (Lipinski definition) is 4. The lowest BCUT2D eigenvalue weighted by molar-refractivity contribution is -0.128. The maximum Gasteiger partial charge on any atom is 0.272 e. The third kappa shape index (κ3) is 4.84. The molecule has 0 radical (unpaired) electrons. The van der Waals surface area contributed by atoms with E-state index in [-0.39, 0.29) is 36.6 Å². The Balaban J connectivity index is 1.36. The van der Waals surface area contributed by atoms with Crippen LogP contribution in [0.5, 0.6) is 0 Å². The predicted molar refractivity (Wildman–Crippen MR) is 101 cm³/mol. The van der Waals surface area contributed by atoms with Crippen LogP contribution in [0, 0.1) is 5.92 Å². The average molecular weight is 371 g/mol. The summed E-state index contributed by atoms with van der Waals surface area (Å²) in [6.07, 6.45) is 1.75. The topological polar surface area (TPSA) is 107 Å². The van der Waals surface area contributed by atoms with Crippen LogP contribution < -0.4 is 10.6 Å². The molecule has 1 unspecified atom stereocenters. The van der Waals surface area contributed by atoms with Crippen molar-refractivity contribution >= 4 is 28.6 Å². The number of nitrogens with zero attached hydrogens (tertiary/aromatic N) is 2. The van der Waals surface area contributed by atoms with Crippen molar-refractivity contribution in [2.24, 2.45) is 5.92 Å². The molecule has 8 heteroatoms. The molecule has 8 nitrogen and oxygen atoms in total. The molecule has 2 aromatic rings. The molecule has 0 bridgehead atoms. The van der Waals surface area contributed by atoms with E-state index in [1.807, 2.05) is 36.1 Å². The highest BCUT2D eigenvalue weighted by Crippen LogP contribution is 2.14. The number of carbonyl (C=O) groups excluding carboxylic acids is 3. The predicted octanol–water partition coefficient (Wildman–Crippen LogP) is 1.06. The van der Waals surface area contributed by atoms with Gasteiger partial charge in [-0.1, -0.05) is 25.1 Å². The van der Waals surface area contributed by atoms with E-state index in [9.17, 15) is 14.4 Å². The van der Waals surface area contributed by atoms with E-state index in [4.69, 9.17) is 0 Å². The van der Waals surface area contributed by atoms with Gasteiger partial charge in [0.2, 0.25) is 11.8 Å². The summed E-state index contributed by atoms with van der Waals surface area (Å²) >= 11 is 0. The number of carbonyl (C=O) groups is 3. The van der Waals surface area contributed by atoms with Crippen molar-refractivity contribution in [2.45, 2.75) is 26.2 Å². The van der Waals surface area contributed by atoms with Crippen molar-refractivity contribution in [3.63, 3.8) is 0 Å². The second-order valence-electron chi connectivity index (χ2n) is 6.98. The van der Waals surface area contributed by atoms with Crippen LogP contribution in [-0.4, -0.2) is 59.0 Å². The van der Waals surface area contributed by atoms with Gasteiger partial charge in [0.1, 0.15) is 0 Å². The number of fused-ring (bicyclic) bond motifs is 1. The molecule has 2 heterocycles. The van der Waals surface area contributed by atoms with Crippen molar-refractivity contribution < 1.29 is 14.4 Å². The zero-order valence-corrected chi connectivity index (χ0v) is 15.5. The van der Waals surface area contributed by atoms with Gasteiger partial charge < -0.3 is 15.5 Å². The maximum atomic E-state index is 12.2. The third-order valence-corrected chi connectivity index (χ3v) is 4.67. The Bertz CT molecular complexity index is 832. The van der Waals surface area contributed by atoms with Gasteiger partial charge in [0.15, 0.2) is 5.69 Å². The molecule has 1 aromatic heterocycles. The Morgan fingerprint density at radius 2 is 2.11 bits per heavy atom. The highest BCUT2D eigenvalue weighted by atomic mass is 16.2. The van der Waals surface area contributed by atoms with E-state index in [1.165, 1.54) is 0 Å². The number of aromatic nitrogens is 2. The number of aromatic amines is 1. The number of para-hydroxylation sites is 1. The minimum atomic E-state index is -0.304. The number of hydrogen-bond donors (Lipinski definition) is 3. The Morgan fingerprint density at radius 3 is 2.89 bits per heavy atom. The van der Waals surface area contributed by atoms with Crippen molar-refractivity contribution in [3.05, 3.63) is 30.0 Å². The first-order valence-corrected chi connectivity index (χ1v) is 9.30. The molecule has 1 fully saturated rings. The number of benzene rings is 1. The summed E-state index contributed by atoms with van der Waals surface area (Å²) in [6, 6.07) is 7.39. The van der Waals surface area contributed by atoms with E-state index in [0.717, 1.165) is 23.9 Å². The smallest absolute Gasteiger partial charge is 0.272 e. The van der Waals surface area contributed by atoms with Crippen LogP contribution in [0.15, 0.2) is 24.3 Å². The van der Waals surface area contributed by atoms with Crippen LogP contribution in [0.3, 0.4) is 0 Å². The summed E-state index contributed by atoms with van der Waals surface area (Å²) in [6.45, 7) is 4.24. The largest absolute Gasteiger partial charge is 0.356 e. The molecule has 0 saturated carbocycles. The fourth-order valence-electron chi connectivity index (χ4n) is 3.22. The number of amides is 3. The highest BCUT2D eigenvalue weighted by molar-refractivity contribution is 6.04. The first kappa shape index (κ1) is 18.9. The number of rotatable bonds is 8. The number of nitrogens with one attached hydrogen (secondary N) is 3. The van der Waals surface area contributed by atoms with Gasteiger partial charge in [0.05, 0.1) is 5.52 Å². The molecule has 0 aliphatic carbocycles. The SMILES string of the molecule is CC(CNC(=O)CCNC(=O)c1n[nH]c2ccccc12)CN1CCCC1=O. The van der Waals surface area contributed by atoms with Crippen LogP contribution >= 0.6 is 0 Å².